The summed E-state index contributed by atoms with van der Waals surface area (Å²) < 4.78 is 46.5. The highest BCUT2D eigenvalue weighted by atomic mass is 19.4. The van der Waals surface area contributed by atoms with Gasteiger partial charge in [0, 0.05) is 33.2 Å². The Morgan fingerprint density at radius 2 is 0.873 bits per heavy atom. The molecule has 10 aromatic rings. The van der Waals surface area contributed by atoms with Gasteiger partial charge in [0.1, 0.15) is 0 Å². The average molecular weight is 821 g/mol. The molecule has 0 fully saturated rings. The SMILES string of the molecule is N#Cc1cccc(-c2ccc3c(c2)c2cc(-c4cccc(C#N)c4)ccc2n3-c2ccc(-c3ccccc3C(F)(F)F)c(-c3nc(-c4ccccc4)nc(-c4ccccc4)n3)c2)c1. The predicted molar refractivity (Wildman–Crippen MR) is 241 cm³/mol. The fraction of sp³-hybridized carbons (Fsp3) is 0.0185. The molecule has 0 bridgehead atoms. The predicted octanol–water partition coefficient (Wildman–Crippen LogP) is 13.7. The molecule has 0 N–H and O–H groups in total. The van der Waals surface area contributed by atoms with Crippen LogP contribution in [-0.4, -0.2) is 19.5 Å². The minimum absolute atomic E-state index is 0.00908. The van der Waals surface area contributed by atoms with Crippen molar-refractivity contribution in [1.29, 1.82) is 10.5 Å². The number of rotatable bonds is 7. The third-order valence-corrected chi connectivity index (χ3v) is 11.1. The number of aromatic nitrogens is 4. The second-order valence-electron chi connectivity index (χ2n) is 15.0. The molecule has 0 aliphatic rings. The first kappa shape index (κ1) is 38.5. The van der Waals surface area contributed by atoms with Gasteiger partial charge in [-0.15, -0.1) is 0 Å². The number of nitriles is 2. The molecule has 0 saturated carbocycles. The molecule has 2 heterocycles. The molecule has 0 aliphatic heterocycles. The summed E-state index contributed by atoms with van der Waals surface area (Å²) in [5.74, 6) is 0.951. The maximum atomic E-state index is 14.8. The van der Waals surface area contributed by atoms with Crippen LogP contribution in [0.5, 0.6) is 0 Å². The summed E-state index contributed by atoms with van der Waals surface area (Å²) >= 11 is 0. The van der Waals surface area contributed by atoms with Gasteiger partial charge in [-0.2, -0.15) is 23.7 Å². The van der Waals surface area contributed by atoms with Crippen LogP contribution in [0.2, 0.25) is 0 Å². The fourth-order valence-electron chi connectivity index (χ4n) is 8.18. The van der Waals surface area contributed by atoms with E-state index in [2.05, 4.69) is 28.8 Å². The van der Waals surface area contributed by atoms with Gasteiger partial charge >= 0.3 is 6.18 Å². The van der Waals surface area contributed by atoms with Gasteiger partial charge in [-0.1, -0.05) is 121 Å². The van der Waals surface area contributed by atoms with Gasteiger partial charge in [-0.05, 0) is 100 Å². The van der Waals surface area contributed by atoms with Crippen molar-refractivity contribution in [2.24, 2.45) is 0 Å². The minimum Gasteiger partial charge on any atom is -0.309 e. The zero-order valence-corrected chi connectivity index (χ0v) is 33.2. The normalized spacial score (nSPS) is 11.4. The lowest BCUT2D eigenvalue weighted by molar-refractivity contribution is -0.137. The minimum atomic E-state index is -4.64. The third kappa shape index (κ3) is 7.24. The molecule has 8 aromatic carbocycles. The summed E-state index contributed by atoms with van der Waals surface area (Å²) in [4.78, 5) is 14.8. The highest BCUT2D eigenvalue weighted by molar-refractivity contribution is 6.12. The number of halogens is 3. The van der Waals surface area contributed by atoms with Gasteiger partial charge in [-0.3, -0.25) is 0 Å². The molecule has 0 amide bonds. The first-order chi connectivity index (χ1) is 30.7. The summed E-state index contributed by atoms with van der Waals surface area (Å²) in [6.07, 6.45) is -4.64. The van der Waals surface area contributed by atoms with Crippen molar-refractivity contribution in [2.45, 2.75) is 6.18 Å². The van der Waals surface area contributed by atoms with Crippen LogP contribution in [0.15, 0.2) is 188 Å². The first-order valence-corrected chi connectivity index (χ1v) is 20.0. The van der Waals surface area contributed by atoms with Crippen LogP contribution in [0.4, 0.5) is 13.2 Å². The van der Waals surface area contributed by atoms with Gasteiger partial charge in [-0.25, -0.2) is 15.0 Å². The Labute approximate surface area is 360 Å². The maximum absolute atomic E-state index is 14.8. The highest BCUT2D eigenvalue weighted by Crippen LogP contribution is 2.43. The first-order valence-electron chi connectivity index (χ1n) is 20.0. The summed E-state index contributed by atoms with van der Waals surface area (Å²) in [6, 6.07) is 61.4. The zero-order chi connectivity index (χ0) is 43.1. The van der Waals surface area contributed by atoms with Crippen LogP contribution < -0.4 is 0 Å². The van der Waals surface area contributed by atoms with Crippen LogP contribution in [0, 0.1) is 22.7 Å². The van der Waals surface area contributed by atoms with E-state index in [1.54, 1.807) is 24.3 Å². The Morgan fingerprint density at radius 3 is 1.40 bits per heavy atom. The molecule has 6 nitrogen and oxygen atoms in total. The summed E-state index contributed by atoms with van der Waals surface area (Å²) in [6.45, 7) is 0. The van der Waals surface area contributed by atoms with Crippen molar-refractivity contribution >= 4 is 21.8 Å². The van der Waals surface area contributed by atoms with Gasteiger partial charge in [0.25, 0.3) is 0 Å². The van der Waals surface area contributed by atoms with E-state index in [1.807, 2.05) is 133 Å². The molecule has 0 radical (unpaired) electrons. The van der Waals surface area contributed by atoms with E-state index in [0.29, 0.717) is 39.6 Å². The fourth-order valence-corrected chi connectivity index (χ4v) is 8.18. The van der Waals surface area contributed by atoms with E-state index in [0.717, 1.165) is 61.3 Å². The number of hydrogen-bond donors (Lipinski definition) is 0. The van der Waals surface area contributed by atoms with Crippen molar-refractivity contribution in [1.82, 2.24) is 19.5 Å². The number of fused-ring (bicyclic) bond motifs is 3. The van der Waals surface area contributed by atoms with Gasteiger partial charge < -0.3 is 4.57 Å². The smallest absolute Gasteiger partial charge is 0.309 e. The Bertz CT molecular complexity index is 3300. The standard InChI is InChI=1S/C54H31F3N6/c55-54(56,57)48-20-8-7-19-44(48)43-24-23-42(31-47(43)53-61-51(36-13-3-1-4-14-36)60-52(62-53)37-15-5-2-6-16-37)63-49-25-21-40(38-17-9-11-34(27-38)32-58)29-45(49)46-30-41(22-26-50(46)63)39-18-10-12-35(28-39)33-59/h1-31H. The molecule has 298 valence electrons. The van der Waals surface area contributed by atoms with Gasteiger partial charge in [0.15, 0.2) is 17.5 Å². The largest absolute Gasteiger partial charge is 0.417 e. The molecule has 0 atom stereocenters. The van der Waals surface area contributed by atoms with E-state index in [4.69, 9.17) is 15.0 Å². The highest BCUT2D eigenvalue weighted by Gasteiger charge is 2.34. The van der Waals surface area contributed by atoms with Crippen molar-refractivity contribution in [2.75, 3.05) is 0 Å². The monoisotopic (exact) mass is 820 g/mol. The lowest BCUT2D eigenvalue weighted by atomic mass is 9.94. The van der Waals surface area contributed by atoms with Crippen molar-refractivity contribution in [3.8, 4) is 85.4 Å². The summed E-state index contributed by atoms with van der Waals surface area (Å²) in [5.41, 5.74) is 8.33. The molecule has 63 heavy (non-hydrogen) atoms. The van der Waals surface area contributed by atoms with Crippen LogP contribution in [0.3, 0.4) is 0 Å². The summed E-state index contributed by atoms with van der Waals surface area (Å²) in [5, 5.41) is 21.2. The lowest BCUT2D eigenvalue weighted by Gasteiger charge is -2.18. The molecular formula is C54H31F3N6. The molecule has 10 rings (SSSR count). The van der Waals surface area contributed by atoms with Crippen LogP contribution in [0.25, 0.3) is 95.0 Å². The molecular weight excluding hydrogens is 790 g/mol. The maximum Gasteiger partial charge on any atom is 0.417 e. The van der Waals surface area contributed by atoms with Crippen molar-refractivity contribution in [3.63, 3.8) is 0 Å². The molecule has 0 unspecified atom stereocenters. The Kier molecular flexibility index (Phi) is 9.63. The Balaban J connectivity index is 1.26. The van der Waals surface area contributed by atoms with Crippen LogP contribution >= 0.6 is 0 Å². The number of nitrogens with zero attached hydrogens (tertiary/aromatic N) is 6. The second kappa shape index (κ2) is 15.7. The topological polar surface area (TPSA) is 91.2 Å². The van der Waals surface area contributed by atoms with E-state index in [9.17, 15) is 23.7 Å². The van der Waals surface area contributed by atoms with E-state index >= 15 is 0 Å². The lowest BCUT2D eigenvalue weighted by Crippen LogP contribution is -2.08. The number of alkyl halides is 3. The van der Waals surface area contributed by atoms with Crippen LogP contribution in [-0.2, 0) is 6.18 Å². The molecule has 0 saturated heterocycles. The number of benzene rings is 8. The van der Waals surface area contributed by atoms with Crippen LogP contribution in [0.1, 0.15) is 16.7 Å². The average Bonchev–Trinajstić information content (AvgIpc) is 3.67. The summed E-state index contributed by atoms with van der Waals surface area (Å²) in [7, 11) is 0. The van der Waals surface area contributed by atoms with Gasteiger partial charge in [0.05, 0.1) is 39.9 Å². The van der Waals surface area contributed by atoms with Gasteiger partial charge in [0.2, 0.25) is 0 Å². The van der Waals surface area contributed by atoms with E-state index < -0.39 is 11.7 Å². The van der Waals surface area contributed by atoms with Crippen molar-refractivity contribution in [3.05, 3.63) is 205 Å². The second-order valence-corrected chi connectivity index (χ2v) is 15.0. The Hall–Kier alpha value is -8.66. The zero-order valence-electron chi connectivity index (χ0n) is 33.2. The van der Waals surface area contributed by atoms with E-state index in [1.165, 1.54) is 12.1 Å². The third-order valence-electron chi connectivity index (χ3n) is 11.1. The molecule has 0 aliphatic carbocycles. The van der Waals surface area contributed by atoms with E-state index in [-0.39, 0.29) is 11.4 Å². The van der Waals surface area contributed by atoms with Crippen molar-refractivity contribution < 1.29 is 13.2 Å². The molecule has 0 spiro atoms. The molecule has 2 aromatic heterocycles. The number of hydrogen-bond acceptors (Lipinski definition) is 5. The quantitative estimate of drug-likeness (QED) is 0.160. The Morgan fingerprint density at radius 1 is 0.397 bits per heavy atom. The molecule has 9 heteroatoms.